The van der Waals surface area contributed by atoms with Crippen molar-refractivity contribution < 1.29 is 72.1 Å². The Morgan fingerprint density at radius 1 is 1.30 bits per heavy atom. The van der Waals surface area contributed by atoms with Gasteiger partial charge in [0.1, 0.15) is 28.1 Å². The van der Waals surface area contributed by atoms with Crippen LogP contribution >= 0.6 is 0 Å². The quantitative estimate of drug-likeness (QED) is 0.340. The van der Waals surface area contributed by atoms with Crippen LogP contribution in [-0.2, 0) is 24.4 Å². The van der Waals surface area contributed by atoms with E-state index in [4.69, 9.17) is 9.47 Å². The van der Waals surface area contributed by atoms with Crippen LogP contribution < -0.4 is 29.6 Å². The van der Waals surface area contributed by atoms with Gasteiger partial charge in [0.15, 0.2) is 5.78 Å². The smallest absolute Gasteiger partial charge is 0.744 e. The van der Waals surface area contributed by atoms with Gasteiger partial charge < -0.3 is 29.3 Å². The number of phenols is 1. The van der Waals surface area contributed by atoms with Gasteiger partial charge in [0.25, 0.3) is 0 Å². The second-order valence-corrected chi connectivity index (χ2v) is 7.57. The fraction of sp³-hybridized carbons (Fsp3) is 0.438. The molecule has 3 rings (SSSR count). The number of ether oxygens (including phenoxy) is 2. The maximum Gasteiger partial charge on any atom is 1.00 e. The Bertz CT molecular complexity index is 867. The molecule has 1 aromatic rings. The van der Waals surface area contributed by atoms with Crippen LogP contribution in [0.3, 0.4) is 0 Å². The summed E-state index contributed by atoms with van der Waals surface area (Å²) in [5, 5.41) is 29.9. The van der Waals surface area contributed by atoms with E-state index in [0.717, 1.165) is 18.4 Å². The zero-order chi connectivity index (χ0) is 19.2. The number of aliphatic hydroxyl groups is 2. The van der Waals surface area contributed by atoms with Gasteiger partial charge in [-0.3, -0.25) is 4.79 Å². The summed E-state index contributed by atoms with van der Waals surface area (Å²) in [6.45, 7) is 0. The molecule has 0 radical (unpaired) electrons. The molecule has 0 spiro atoms. The summed E-state index contributed by atoms with van der Waals surface area (Å²) >= 11 is 0. The van der Waals surface area contributed by atoms with Crippen LogP contribution in [0.1, 0.15) is 12.0 Å². The average molecular weight is 408 g/mol. The molecule has 5 atom stereocenters. The summed E-state index contributed by atoms with van der Waals surface area (Å²) in [6.07, 6.45) is -2.90. The summed E-state index contributed by atoms with van der Waals surface area (Å²) in [4.78, 5) is 12.0. The summed E-state index contributed by atoms with van der Waals surface area (Å²) in [5.74, 6) is -2.29. The van der Waals surface area contributed by atoms with Gasteiger partial charge in [-0.05, 0) is 17.7 Å². The maximum absolute atomic E-state index is 12.8. The van der Waals surface area contributed by atoms with E-state index in [9.17, 15) is 33.1 Å². The average Bonchev–Trinajstić information content (AvgIpc) is 2.55. The number of ketones is 1. The number of Topliss-reactive ketones (excluding diaryl/α,β-unsaturated/α-hetero) is 1. The Morgan fingerprint density at radius 2 is 1.96 bits per heavy atom. The minimum atomic E-state index is -4.95. The molecule has 9 nitrogen and oxygen atoms in total. The number of hydrogen-bond donors (Lipinski definition) is 3. The van der Waals surface area contributed by atoms with E-state index in [1.165, 1.54) is 13.2 Å². The van der Waals surface area contributed by atoms with Crippen LogP contribution in [0.2, 0.25) is 0 Å². The Hall–Kier alpha value is -0.980. The third-order valence-electron chi connectivity index (χ3n) is 4.70. The first-order valence-electron chi connectivity index (χ1n) is 7.73. The third-order valence-corrected chi connectivity index (χ3v) is 5.56. The number of carbonyl (C=O) groups is 1. The normalized spacial score (nSPS) is 30.6. The monoisotopic (exact) mass is 408 g/mol. The van der Waals surface area contributed by atoms with Gasteiger partial charge in [-0.1, -0.05) is 6.07 Å². The molecule has 1 heterocycles. The molecule has 0 bridgehead atoms. The molecule has 5 unspecified atom stereocenters. The number of methoxy groups -OCH3 is 1. The van der Waals surface area contributed by atoms with Gasteiger partial charge in [-0.25, -0.2) is 8.42 Å². The number of fused-ring (bicyclic) bond motifs is 1. The minimum Gasteiger partial charge on any atom is -0.744 e. The molecule has 0 saturated heterocycles. The Balaban J connectivity index is 0.00000261. The van der Waals surface area contributed by atoms with Crippen LogP contribution in [0.15, 0.2) is 29.4 Å². The zero-order valence-corrected chi connectivity index (χ0v) is 17.4. The summed E-state index contributed by atoms with van der Waals surface area (Å²) in [7, 11) is -3.65. The van der Waals surface area contributed by atoms with E-state index < -0.39 is 56.9 Å². The molecule has 142 valence electrons. The van der Waals surface area contributed by atoms with Crippen LogP contribution in [0, 0.1) is 5.92 Å². The topological polar surface area (TPSA) is 153 Å². The van der Waals surface area contributed by atoms with E-state index in [2.05, 4.69) is 0 Å². The van der Waals surface area contributed by atoms with E-state index in [0.29, 0.717) is 0 Å². The molecule has 2 aliphatic rings. The number of aromatic hydroxyl groups is 1. The van der Waals surface area contributed by atoms with Crippen molar-refractivity contribution in [2.24, 2.45) is 5.92 Å². The molecule has 1 fully saturated rings. The third kappa shape index (κ3) is 4.08. The van der Waals surface area contributed by atoms with Crippen molar-refractivity contribution in [1.82, 2.24) is 0 Å². The predicted octanol–water partition coefficient (Wildman–Crippen LogP) is -3.63. The Kier molecular flexibility index (Phi) is 6.76. The van der Waals surface area contributed by atoms with Crippen molar-refractivity contribution in [1.29, 1.82) is 0 Å². The maximum atomic E-state index is 12.8. The first-order valence-corrected chi connectivity index (χ1v) is 9.14. The van der Waals surface area contributed by atoms with Gasteiger partial charge in [0.05, 0.1) is 34.9 Å². The van der Waals surface area contributed by atoms with Gasteiger partial charge in [0, 0.05) is 13.5 Å². The summed E-state index contributed by atoms with van der Waals surface area (Å²) < 4.78 is 44.2. The van der Waals surface area contributed by atoms with E-state index in [1.54, 1.807) is 0 Å². The molecule has 3 N–H and O–H groups in total. The number of phenolic OH excluding ortho intramolecular Hbond substituents is 1. The number of rotatable bonds is 3. The van der Waals surface area contributed by atoms with E-state index in [-0.39, 0.29) is 47.1 Å². The van der Waals surface area contributed by atoms with Crippen molar-refractivity contribution in [3.8, 4) is 5.75 Å². The SMILES string of the molecule is COC1C(O)CC2OC=C(c3ccc(O)c(S(=O)(=O)[O-])c3)C(=O)C2C1O.[Na+]. The molecular weight excluding hydrogens is 391 g/mol. The molecule has 1 aliphatic carbocycles. The van der Waals surface area contributed by atoms with Crippen molar-refractivity contribution in [3.05, 3.63) is 30.0 Å². The fourth-order valence-corrected chi connectivity index (χ4v) is 4.01. The second kappa shape index (κ2) is 8.18. The number of benzene rings is 1. The molecule has 11 heteroatoms. The second-order valence-electron chi connectivity index (χ2n) is 6.23. The molecule has 1 aliphatic heterocycles. The summed E-state index contributed by atoms with van der Waals surface area (Å²) in [5.41, 5.74) is -0.00518. The Labute approximate surface area is 177 Å². The fourth-order valence-electron chi connectivity index (χ4n) is 3.42. The van der Waals surface area contributed by atoms with Crippen molar-refractivity contribution >= 4 is 21.5 Å². The number of hydrogen-bond acceptors (Lipinski definition) is 9. The minimum absolute atomic E-state index is 0. The number of allylic oxidation sites excluding steroid dienone is 1. The molecule has 1 saturated carbocycles. The van der Waals surface area contributed by atoms with Crippen molar-refractivity contribution in [2.75, 3.05) is 7.11 Å². The van der Waals surface area contributed by atoms with Crippen LogP contribution in [0.25, 0.3) is 5.57 Å². The first-order chi connectivity index (χ1) is 12.1. The van der Waals surface area contributed by atoms with Crippen LogP contribution in [0.4, 0.5) is 0 Å². The molecular formula is C16H17NaO9S. The molecule has 1 aromatic carbocycles. The first kappa shape index (κ1) is 22.3. The van der Waals surface area contributed by atoms with Gasteiger partial charge in [-0.15, -0.1) is 0 Å². The predicted molar refractivity (Wildman–Crippen MR) is 84.8 cm³/mol. The standard InChI is InChI=1S/C16H18O9S.Na/c1-24-16-10(18)5-11-13(15(16)20)14(19)8(6-25-11)7-2-3-9(17)12(4-7)26(21,22)23;/h2-4,6,10-11,13,15-18,20H,5H2,1H3,(H,21,22,23);/q;+1/p-1. The van der Waals surface area contributed by atoms with Gasteiger partial charge >= 0.3 is 29.6 Å². The van der Waals surface area contributed by atoms with Crippen LogP contribution in [-0.4, -0.2) is 65.6 Å². The van der Waals surface area contributed by atoms with Crippen molar-refractivity contribution in [2.45, 2.75) is 35.7 Å². The summed E-state index contributed by atoms with van der Waals surface area (Å²) in [6, 6.07) is 3.12. The van der Waals surface area contributed by atoms with Gasteiger partial charge in [-0.2, -0.15) is 0 Å². The Morgan fingerprint density at radius 3 is 2.56 bits per heavy atom. The zero-order valence-electron chi connectivity index (χ0n) is 14.6. The number of aliphatic hydroxyl groups excluding tert-OH is 2. The molecule has 0 amide bonds. The van der Waals surface area contributed by atoms with Gasteiger partial charge in [0.2, 0.25) is 0 Å². The van der Waals surface area contributed by atoms with E-state index in [1.807, 2.05) is 0 Å². The number of carbonyl (C=O) groups excluding carboxylic acids is 1. The van der Waals surface area contributed by atoms with E-state index >= 15 is 0 Å². The largest absolute Gasteiger partial charge is 1.00 e. The molecule has 0 aromatic heterocycles. The van der Waals surface area contributed by atoms with Crippen LogP contribution in [0.5, 0.6) is 5.75 Å². The molecule has 27 heavy (non-hydrogen) atoms. The van der Waals surface area contributed by atoms with Crippen molar-refractivity contribution in [3.63, 3.8) is 0 Å².